The zero-order chi connectivity index (χ0) is 12.0. The Kier molecular flexibility index (Phi) is 2.76. The van der Waals surface area contributed by atoms with Gasteiger partial charge in [-0.3, -0.25) is 4.79 Å². The van der Waals surface area contributed by atoms with E-state index in [1.807, 2.05) is 6.92 Å². The van der Waals surface area contributed by atoms with Crippen molar-refractivity contribution in [3.8, 4) is 0 Å². The number of allylic oxidation sites excluding steroid dienone is 1. The molecule has 4 fully saturated rings. The molecule has 2 nitrogen and oxygen atoms in total. The summed E-state index contributed by atoms with van der Waals surface area (Å²) in [6.07, 6.45) is 9.66. The van der Waals surface area contributed by atoms with E-state index < -0.39 is 5.97 Å². The number of rotatable bonds is 3. The van der Waals surface area contributed by atoms with Crippen LogP contribution in [0.25, 0.3) is 0 Å². The van der Waals surface area contributed by atoms with Gasteiger partial charge in [0.25, 0.3) is 0 Å². The van der Waals surface area contributed by atoms with Crippen molar-refractivity contribution in [2.24, 2.45) is 29.6 Å². The van der Waals surface area contributed by atoms with E-state index >= 15 is 0 Å². The molecule has 4 bridgehead atoms. The maximum absolute atomic E-state index is 10.7. The first kappa shape index (κ1) is 11.3. The van der Waals surface area contributed by atoms with Gasteiger partial charge in [0.2, 0.25) is 0 Å². The normalized spacial score (nSPS) is 44.1. The van der Waals surface area contributed by atoms with Crippen LogP contribution in [0.3, 0.4) is 0 Å². The zero-order valence-electron chi connectivity index (χ0n) is 10.6. The summed E-state index contributed by atoms with van der Waals surface area (Å²) in [5, 5.41) is 8.82. The topological polar surface area (TPSA) is 37.3 Å². The van der Waals surface area contributed by atoms with Crippen molar-refractivity contribution in [2.45, 2.75) is 45.4 Å². The molecule has 0 spiro atoms. The van der Waals surface area contributed by atoms with Crippen LogP contribution in [0.5, 0.6) is 0 Å². The van der Waals surface area contributed by atoms with Gasteiger partial charge in [-0.1, -0.05) is 11.6 Å². The Morgan fingerprint density at radius 1 is 1.12 bits per heavy atom. The van der Waals surface area contributed by atoms with E-state index in [0.29, 0.717) is 5.92 Å². The van der Waals surface area contributed by atoms with Crippen molar-refractivity contribution in [3.05, 3.63) is 11.6 Å². The molecule has 4 saturated carbocycles. The molecule has 0 aromatic heterocycles. The molecule has 0 unspecified atom stereocenters. The van der Waals surface area contributed by atoms with E-state index in [1.54, 1.807) is 0 Å². The van der Waals surface area contributed by atoms with Crippen molar-refractivity contribution < 1.29 is 9.90 Å². The van der Waals surface area contributed by atoms with Crippen LogP contribution in [0, 0.1) is 29.6 Å². The second-order valence-electron chi connectivity index (χ2n) is 6.59. The number of carbonyl (C=O) groups is 1. The van der Waals surface area contributed by atoms with E-state index in [0.717, 1.165) is 29.2 Å². The third-order valence-electron chi connectivity index (χ3n) is 5.21. The van der Waals surface area contributed by atoms with Crippen molar-refractivity contribution in [3.63, 3.8) is 0 Å². The molecule has 17 heavy (non-hydrogen) atoms. The van der Waals surface area contributed by atoms with Crippen LogP contribution in [0.15, 0.2) is 11.6 Å². The van der Waals surface area contributed by atoms with Crippen LogP contribution in [0.2, 0.25) is 0 Å². The molecular weight excluding hydrogens is 212 g/mol. The second kappa shape index (κ2) is 4.15. The summed E-state index contributed by atoms with van der Waals surface area (Å²) in [6.45, 7) is 1.99. The molecule has 4 rings (SSSR count). The maximum Gasteiger partial charge on any atom is 0.307 e. The van der Waals surface area contributed by atoms with Gasteiger partial charge in [-0.15, -0.1) is 0 Å². The summed E-state index contributed by atoms with van der Waals surface area (Å²) in [5.74, 6) is 3.75. The lowest BCUT2D eigenvalue weighted by Gasteiger charge is -2.54. The zero-order valence-corrected chi connectivity index (χ0v) is 10.6. The lowest BCUT2D eigenvalue weighted by molar-refractivity contribution is -0.136. The summed E-state index contributed by atoms with van der Waals surface area (Å²) in [6, 6.07) is 0. The van der Waals surface area contributed by atoms with E-state index in [1.165, 1.54) is 32.1 Å². The molecule has 0 amide bonds. The highest BCUT2D eigenvalue weighted by atomic mass is 16.4. The minimum Gasteiger partial charge on any atom is -0.481 e. The van der Waals surface area contributed by atoms with Crippen molar-refractivity contribution in [1.82, 2.24) is 0 Å². The fourth-order valence-corrected chi connectivity index (χ4v) is 4.87. The molecule has 0 aromatic rings. The molecule has 0 aromatic carbocycles. The van der Waals surface area contributed by atoms with Gasteiger partial charge < -0.3 is 5.11 Å². The van der Waals surface area contributed by atoms with E-state index in [2.05, 4.69) is 6.08 Å². The third kappa shape index (κ3) is 2.14. The molecule has 4 aliphatic carbocycles. The van der Waals surface area contributed by atoms with Gasteiger partial charge >= 0.3 is 5.97 Å². The van der Waals surface area contributed by atoms with Gasteiger partial charge in [0.1, 0.15) is 0 Å². The maximum atomic E-state index is 10.7. The van der Waals surface area contributed by atoms with Gasteiger partial charge in [0, 0.05) is 0 Å². The van der Waals surface area contributed by atoms with Crippen LogP contribution in [-0.4, -0.2) is 11.1 Å². The molecular formula is C15H22O2. The Morgan fingerprint density at radius 2 is 1.65 bits per heavy atom. The Hall–Kier alpha value is -0.790. The van der Waals surface area contributed by atoms with Crippen LogP contribution in [0.4, 0.5) is 0 Å². The lowest BCUT2D eigenvalue weighted by atomic mass is 9.52. The predicted molar refractivity (Wildman–Crippen MR) is 66.5 cm³/mol. The number of aliphatic carboxylic acids is 1. The van der Waals surface area contributed by atoms with Crippen molar-refractivity contribution in [2.75, 3.05) is 0 Å². The highest BCUT2D eigenvalue weighted by Crippen LogP contribution is 2.57. The van der Waals surface area contributed by atoms with E-state index in [9.17, 15) is 4.79 Å². The van der Waals surface area contributed by atoms with Crippen LogP contribution in [-0.2, 0) is 4.79 Å². The minimum absolute atomic E-state index is 0.225. The fraction of sp³-hybridized carbons (Fsp3) is 0.800. The van der Waals surface area contributed by atoms with Gasteiger partial charge in [-0.2, -0.15) is 0 Å². The number of carboxylic acids is 1. The number of hydrogen-bond acceptors (Lipinski definition) is 1. The SMILES string of the molecule is C/C(=C\C1C2CC3CC(C2)CC1C3)CC(=O)O. The average molecular weight is 234 g/mol. The standard InChI is InChI=1S/C15H22O2/c1-9(3-15(16)17)2-14-12-5-10-4-11(7-12)8-13(14)6-10/h2,10-14H,3-8H2,1H3,(H,16,17)/b9-2+. The largest absolute Gasteiger partial charge is 0.481 e. The van der Waals surface area contributed by atoms with Crippen molar-refractivity contribution >= 4 is 5.97 Å². The average Bonchev–Trinajstić information content (AvgIpc) is 2.21. The van der Waals surface area contributed by atoms with Crippen molar-refractivity contribution in [1.29, 1.82) is 0 Å². The van der Waals surface area contributed by atoms with E-state index in [4.69, 9.17) is 5.11 Å². The summed E-state index contributed by atoms with van der Waals surface area (Å²) in [7, 11) is 0. The molecule has 2 heteroatoms. The fourth-order valence-electron chi connectivity index (χ4n) is 4.87. The first-order chi connectivity index (χ1) is 8.11. The van der Waals surface area contributed by atoms with Gasteiger partial charge in [0.15, 0.2) is 0 Å². The summed E-state index contributed by atoms with van der Waals surface area (Å²) in [4.78, 5) is 10.7. The first-order valence-electron chi connectivity index (χ1n) is 7.01. The van der Waals surface area contributed by atoms with Crippen LogP contribution < -0.4 is 0 Å². The summed E-state index contributed by atoms with van der Waals surface area (Å²) in [5.41, 5.74) is 1.06. The number of hydrogen-bond donors (Lipinski definition) is 1. The van der Waals surface area contributed by atoms with Gasteiger partial charge in [0.05, 0.1) is 6.42 Å². The first-order valence-corrected chi connectivity index (χ1v) is 7.01. The Labute approximate surface area is 103 Å². The number of carboxylic acid groups (broad SMARTS) is 1. The molecule has 0 radical (unpaired) electrons. The molecule has 0 heterocycles. The molecule has 1 N–H and O–H groups in total. The lowest BCUT2D eigenvalue weighted by Crippen LogP contribution is -2.44. The second-order valence-corrected chi connectivity index (χ2v) is 6.59. The molecule has 0 aliphatic heterocycles. The monoisotopic (exact) mass is 234 g/mol. The molecule has 0 saturated heterocycles. The third-order valence-corrected chi connectivity index (χ3v) is 5.21. The van der Waals surface area contributed by atoms with Gasteiger partial charge in [-0.05, 0) is 68.6 Å². The Balaban J connectivity index is 1.73. The highest BCUT2D eigenvalue weighted by Gasteiger charge is 2.47. The van der Waals surface area contributed by atoms with Crippen LogP contribution >= 0.6 is 0 Å². The smallest absolute Gasteiger partial charge is 0.307 e. The molecule has 94 valence electrons. The molecule has 0 atom stereocenters. The Morgan fingerprint density at radius 3 is 2.12 bits per heavy atom. The summed E-state index contributed by atoms with van der Waals surface area (Å²) < 4.78 is 0. The molecule has 4 aliphatic rings. The van der Waals surface area contributed by atoms with Gasteiger partial charge in [-0.25, -0.2) is 0 Å². The summed E-state index contributed by atoms with van der Waals surface area (Å²) >= 11 is 0. The minimum atomic E-state index is -0.692. The predicted octanol–water partition coefficient (Wildman–Crippen LogP) is 3.48. The highest BCUT2D eigenvalue weighted by molar-refractivity contribution is 5.69. The Bertz CT molecular complexity index is 328. The van der Waals surface area contributed by atoms with Crippen LogP contribution in [0.1, 0.15) is 45.4 Å². The quantitative estimate of drug-likeness (QED) is 0.759. The van der Waals surface area contributed by atoms with E-state index in [-0.39, 0.29) is 6.42 Å².